The molecule has 1 aromatic carbocycles. The van der Waals surface area contributed by atoms with Crippen molar-refractivity contribution in [2.75, 3.05) is 13.7 Å². The van der Waals surface area contributed by atoms with Gasteiger partial charge in [-0.3, -0.25) is 9.69 Å². The minimum atomic E-state index is -1.33. The van der Waals surface area contributed by atoms with Gasteiger partial charge in [-0.05, 0) is 42.7 Å². The summed E-state index contributed by atoms with van der Waals surface area (Å²) < 4.78 is 26.4. The number of nitrogens with two attached hydrogens (primary N) is 1. The second kappa shape index (κ2) is 6.00. The molecular weight excluding hydrogens is 363 g/mol. The summed E-state index contributed by atoms with van der Waals surface area (Å²) in [6.45, 7) is 0.519. The second-order valence-corrected chi connectivity index (χ2v) is 7.24. The standard InChI is InChI=1S/C20H19FN4O3/c1-25-18(26)20(24-19(25)22)13-10-11(12-4-2-8-23-17(12)21)6-7-14(13)28-15-5-3-9-27-16(15)20/h2,4,6-8,10,15-16H,3,5,9H2,1H3,(H2,22,24)/t15?,16?,20-/m1/s1. The lowest BCUT2D eigenvalue weighted by atomic mass is 9.76. The van der Waals surface area contributed by atoms with E-state index in [-0.39, 0.29) is 18.0 Å². The Morgan fingerprint density at radius 3 is 2.96 bits per heavy atom. The lowest BCUT2D eigenvalue weighted by Gasteiger charge is -2.45. The van der Waals surface area contributed by atoms with Gasteiger partial charge in [0.15, 0.2) is 5.96 Å². The number of hydrogen-bond donors (Lipinski definition) is 1. The number of carbonyl (C=O) groups is 1. The van der Waals surface area contributed by atoms with Crippen LogP contribution in [0, 0.1) is 5.95 Å². The van der Waals surface area contributed by atoms with E-state index in [9.17, 15) is 9.18 Å². The molecule has 0 bridgehead atoms. The van der Waals surface area contributed by atoms with Crippen molar-refractivity contribution in [2.24, 2.45) is 10.7 Å². The van der Waals surface area contributed by atoms with E-state index >= 15 is 0 Å². The highest BCUT2D eigenvalue weighted by atomic mass is 19.1. The van der Waals surface area contributed by atoms with Crippen LogP contribution in [0.3, 0.4) is 0 Å². The zero-order valence-electron chi connectivity index (χ0n) is 15.3. The number of benzene rings is 1. The van der Waals surface area contributed by atoms with Gasteiger partial charge >= 0.3 is 0 Å². The third-order valence-electron chi connectivity index (χ3n) is 5.68. The molecule has 3 aliphatic heterocycles. The number of rotatable bonds is 1. The Morgan fingerprint density at radius 1 is 1.36 bits per heavy atom. The first kappa shape index (κ1) is 17.1. The molecule has 1 spiro atoms. The Kier molecular flexibility index (Phi) is 3.67. The number of ether oxygens (including phenoxy) is 2. The quantitative estimate of drug-likeness (QED) is 0.760. The summed E-state index contributed by atoms with van der Waals surface area (Å²) in [5, 5.41) is 0. The number of hydrogen-bond acceptors (Lipinski definition) is 6. The van der Waals surface area contributed by atoms with Crippen LogP contribution < -0.4 is 10.5 Å². The molecular formula is C20H19FN4O3. The lowest BCUT2D eigenvalue weighted by molar-refractivity contribution is -0.151. The average molecular weight is 382 g/mol. The van der Waals surface area contributed by atoms with Gasteiger partial charge in [0.05, 0.1) is 0 Å². The van der Waals surface area contributed by atoms with Gasteiger partial charge in [0.1, 0.15) is 18.0 Å². The van der Waals surface area contributed by atoms with Crippen LogP contribution in [0.4, 0.5) is 4.39 Å². The fourth-order valence-corrected chi connectivity index (χ4v) is 4.30. The largest absolute Gasteiger partial charge is 0.487 e. The smallest absolute Gasteiger partial charge is 0.264 e. The van der Waals surface area contributed by atoms with Gasteiger partial charge in [-0.25, -0.2) is 9.98 Å². The van der Waals surface area contributed by atoms with Crippen molar-refractivity contribution in [1.82, 2.24) is 9.88 Å². The monoisotopic (exact) mass is 382 g/mol. The lowest BCUT2D eigenvalue weighted by Crippen LogP contribution is -2.58. The summed E-state index contributed by atoms with van der Waals surface area (Å²) in [6, 6.07) is 8.54. The van der Waals surface area contributed by atoms with E-state index < -0.39 is 17.6 Å². The van der Waals surface area contributed by atoms with Crippen molar-refractivity contribution in [1.29, 1.82) is 0 Å². The highest BCUT2D eigenvalue weighted by molar-refractivity contribution is 6.08. The summed E-state index contributed by atoms with van der Waals surface area (Å²) in [5.41, 5.74) is 6.14. The number of amides is 1. The van der Waals surface area contributed by atoms with Crippen LogP contribution in [0.1, 0.15) is 18.4 Å². The fourth-order valence-electron chi connectivity index (χ4n) is 4.30. The number of fused-ring (bicyclic) bond motifs is 4. The van der Waals surface area contributed by atoms with Crippen LogP contribution in [0.25, 0.3) is 11.1 Å². The van der Waals surface area contributed by atoms with E-state index in [0.717, 1.165) is 12.8 Å². The molecule has 4 heterocycles. The second-order valence-electron chi connectivity index (χ2n) is 7.24. The Hall–Kier alpha value is -3.00. The van der Waals surface area contributed by atoms with Gasteiger partial charge < -0.3 is 15.2 Å². The van der Waals surface area contributed by atoms with Crippen molar-refractivity contribution in [3.8, 4) is 16.9 Å². The van der Waals surface area contributed by atoms with E-state index in [1.165, 1.54) is 11.1 Å². The van der Waals surface area contributed by atoms with E-state index in [2.05, 4.69) is 9.98 Å². The Balaban J connectivity index is 1.74. The molecule has 0 aliphatic carbocycles. The molecule has 28 heavy (non-hydrogen) atoms. The zero-order valence-corrected chi connectivity index (χ0v) is 15.3. The third kappa shape index (κ3) is 2.21. The summed E-state index contributed by atoms with van der Waals surface area (Å²) in [6.07, 6.45) is 2.11. The van der Waals surface area contributed by atoms with Crippen molar-refractivity contribution in [2.45, 2.75) is 30.6 Å². The molecule has 5 rings (SSSR count). The third-order valence-corrected chi connectivity index (χ3v) is 5.68. The molecule has 3 aliphatic rings. The summed E-state index contributed by atoms with van der Waals surface area (Å²) in [5.74, 6) is -0.183. The van der Waals surface area contributed by atoms with E-state index in [0.29, 0.717) is 29.0 Å². The van der Waals surface area contributed by atoms with Gasteiger partial charge in [0.25, 0.3) is 5.91 Å². The Labute approximate surface area is 161 Å². The highest BCUT2D eigenvalue weighted by Gasteiger charge is 2.61. The first-order valence-corrected chi connectivity index (χ1v) is 9.19. The summed E-state index contributed by atoms with van der Waals surface area (Å²) in [7, 11) is 1.59. The number of halogens is 1. The maximum atomic E-state index is 14.3. The number of pyridine rings is 1. The van der Waals surface area contributed by atoms with Gasteiger partial charge in [-0.15, -0.1) is 0 Å². The SMILES string of the molecule is CN1C(=O)[C@@]2(N=C1N)c1cc(-c3cccnc3F)ccc1OC1CCCOC12. The first-order valence-electron chi connectivity index (χ1n) is 9.19. The molecule has 2 unspecified atom stereocenters. The van der Waals surface area contributed by atoms with Crippen molar-refractivity contribution in [3.63, 3.8) is 0 Å². The topological polar surface area (TPSA) is 90.0 Å². The molecule has 1 saturated heterocycles. The van der Waals surface area contributed by atoms with Crippen LogP contribution >= 0.6 is 0 Å². The highest BCUT2D eigenvalue weighted by Crippen LogP contribution is 2.49. The predicted molar refractivity (Wildman–Crippen MR) is 99.1 cm³/mol. The molecule has 7 nitrogen and oxygen atoms in total. The van der Waals surface area contributed by atoms with Crippen LogP contribution in [0.5, 0.6) is 5.75 Å². The summed E-state index contributed by atoms with van der Waals surface area (Å²) >= 11 is 0. The first-order chi connectivity index (χ1) is 13.5. The van der Waals surface area contributed by atoms with Crippen LogP contribution in [-0.4, -0.2) is 47.6 Å². The number of carbonyl (C=O) groups excluding carboxylic acids is 1. The molecule has 0 saturated carbocycles. The molecule has 1 fully saturated rings. The van der Waals surface area contributed by atoms with Gasteiger partial charge in [-0.2, -0.15) is 4.39 Å². The zero-order chi connectivity index (χ0) is 19.5. The Bertz CT molecular complexity index is 1010. The molecule has 1 aromatic heterocycles. The van der Waals surface area contributed by atoms with Crippen molar-refractivity contribution in [3.05, 3.63) is 48.0 Å². The molecule has 0 radical (unpaired) electrons. The molecule has 2 N–H and O–H groups in total. The van der Waals surface area contributed by atoms with Crippen LogP contribution in [0.15, 0.2) is 41.5 Å². The normalized spacial score (nSPS) is 28.6. The molecule has 3 atom stereocenters. The van der Waals surface area contributed by atoms with Crippen LogP contribution in [0.2, 0.25) is 0 Å². The van der Waals surface area contributed by atoms with Gasteiger partial charge in [0.2, 0.25) is 11.5 Å². The number of guanidine groups is 1. The summed E-state index contributed by atoms with van der Waals surface area (Å²) in [4.78, 5) is 23.0. The minimum Gasteiger partial charge on any atom is -0.487 e. The number of aromatic nitrogens is 1. The number of nitrogens with zero attached hydrogens (tertiary/aromatic N) is 3. The Morgan fingerprint density at radius 2 is 2.21 bits per heavy atom. The van der Waals surface area contributed by atoms with Gasteiger partial charge in [0, 0.05) is 31.0 Å². The number of likely N-dealkylation sites (N-methyl/N-ethyl adjacent to an activating group) is 1. The van der Waals surface area contributed by atoms with Crippen molar-refractivity contribution >= 4 is 11.9 Å². The average Bonchev–Trinajstić information content (AvgIpc) is 2.93. The van der Waals surface area contributed by atoms with E-state index in [1.807, 2.05) is 0 Å². The minimum absolute atomic E-state index is 0.128. The molecule has 8 heteroatoms. The maximum absolute atomic E-state index is 14.3. The maximum Gasteiger partial charge on any atom is 0.264 e. The number of aliphatic imine (C=N–C) groups is 1. The van der Waals surface area contributed by atoms with E-state index in [4.69, 9.17) is 15.2 Å². The fraction of sp³-hybridized carbons (Fsp3) is 0.350. The van der Waals surface area contributed by atoms with E-state index in [1.54, 1.807) is 37.4 Å². The molecule has 2 aromatic rings. The predicted octanol–water partition coefficient (Wildman–Crippen LogP) is 1.81. The van der Waals surface area contributed by atoms with Crippen molar-refractivity contribution < 1.29 is 18.7 Å². The molecule has 1 amide bonds. The van der Waals surface area contributed by atoms with Crippen LogP contribution in [-0.2, 0) is 15.1 Å². The van der Waals surface area contributed by atoms with Gasteiger partial charge in [-0.1, -0.05) is 6.07 Å². The molecule has 144 valence electrons.